The van der Waals surface area contributed by atoms with E-state index >= 15 is 0 Å². The summed E-state index contributed by atoms with van der Waals surface area (Å²) in [4.78, 5) is 13.2. The first-order valence-corrected chi connectivity index (χ1v) is 10.3. The maximum atomic E-state index is 13.2. The summed E-state index contributed by atoms with van der Waals surface area (Å²) < 4.78 is 2.10. The molecule has 3 nitrogen and oxygen atoms in total. The van der Waals surface area contributed by atoms with E-state index in [1.165, 1.54) is 0 Å². The Labute approximate surface area is 180 Å². The molecule has 146 valence electrons. The standard InChI is InChI=1S/C24H20Cl2N2O/c1-24(2)13-20-22(21(29)14-24)17(10-11-27)23(15-6-4-3-5-7-15)28(20)16-8-9-18(25)19(26)12-16/h3-9,12H,10,13-14H2,1-2H3. The number of ketones is 1. The highest BCUT2D eigenvalue weighted by molar-refractivity contribution is 6.42. The number of Topliss-reactive ketones (excluding diaryl/α,β-unsaturated/α-hetero) is 1. The summed E-state index contributed by atoms with van der Waals surface area (Å²) in [5, 5.41) is 10.5. The molecule has 0 unspecified atom stereocenters. The van der Waals surface area contributed by atoms with E-state index in [4.69, 9.17) is 23.2 Å². The van der Waals surface area contributed by atoms with Gasteiger partial charge in [-0.2, -0.15) is 5.26 Å². The molecule has 0 saturated heterocycles. The second-order valence-corrected chi connectivity index (χ2v) is 9.04. The molecule has 1 heterocycles. The molecule has 4 rings (SSSR count). The normalized spacial score (nSPS) is 15.1. The van der Waals surface area contributed by atoms with Gasteiger partial charge in [-0.1, -0.05) is 67.4 Å². The largest absolute Gasteiger partial charge is 0.312 e. The van der Waals surface area contributed by atoms with E-state index in [1.54, 1.807) is 6.07 Å². The van der Waals surface area contributed by atoms with Crippen molar-refractivity contribution in [1.29, 1.82) is 5.26 Å². The van der Waals surface area contributed by atoms with E-state index in [-0.39, 0.29) is 17.6 Å². The Morgan fingerprint density at radius 2 is 1.79 bits per heavy atom. The van der Waals surface area contributed by atoms with Gasteiger partial charge < -0.3 is 4.57 Å². The Hall–Kier alpha value is -2.54. The minimum Gasteiger partial charge on any atom is -0.312 e. The second-order valence-electron chi connectivity index (χ2n) is 8.22. The molecular weight excluding hydrogens is 403 g/mol. The maximum absolute atomic E-state index is 13.2. The Bertz CT molecular complexity index is 1150. The molecule has 0 atom stereocenters. The van der Waals surface area contributed by atoms with E-state index in [1.807, 2.05) is 42.5 Å². The van der Waals surface area contributed by atoms with Crippen LogP contribution in [0, 0.1) is 16.7 Å². The Kier molecular flexibility index (Phi) is 5.02. The van der Waals surface area contributed by atoms with Crippen molar-refractivity contribution in [1.82, 2.24) is 4.57 Å². The van der Waals surface area contributed by atoms with Crippen molar-refractivity contribution in [2.45, 2.75) is 33.1 Å². The third-order valence-corrected chi connectivity index (χ3v) is 6.14. The molecule has 3 aromatic rings. The molecule has 0 spiro atoms. The molecule has 0 N–H and O–H groups in total. The monoisotopic (exact) mass is 422 g/mol. The molecule has 2 aromatic carbocycles. The van der Waals surface area contributed by atoms with E-state index < -0.39 is 0 Å². The first-order chi connectivity index (χ1) is 13.8. The number of hydrogen-bond acceptors (Lipinski definition) is 2. The summed E-state index contributed by atoms with van der Waals surface area (Å²) in [7, 11) is 0. The topological polar surface area (TPSA) is 45.8 Å². The Balaban J connectivity index is 2.12. The van der Waals surface area contributed by atoms with E-state index in [0.717, 1.165) is 34.6 Å². The number of hydrogen-bond donors (Lipinski definition) is 0. The average molecular weight is 423 g/mol. The van der Waals surface area contributed by atoms with Gasteiger partial charge in [-0.05, 0) is 35.6 Å². The van der Waals surface area contributed by atoms with Crippen molar-refractivity contribution < 1.29 is 4.79 Å². The zero-order chi connectivity index (χ0) is 20.8. The molecular formula is C24H20Cl2N2O. The smallest absolute Gasteiger partial charge is 0.165 e. The molecule has 0 bridgehead atoms. The molecule has 0 saturated carbocycles. The zero-order valence-corrected chi connectivity index (χ0v) is 17.8. The van der Waals surface area contributed by atoms with Crippen LogP contribution in [-0.4, -0.2) is 10.4 Å². The van der Waals surface area contributed by atoms with Crippen molar-refractivity contribution in [3.05, 3.63) is 75.4 Å². The quantitative estimate of drug-likeness (QED) is 0.472. The minimum atomic E-state index is -0.158. The predicted octanol–water partition coefficient (Wildman–Crippen LogP) is 6.67. The number of carbonyl (C=O) groups is 1. The van der Waals surface area contributed by atoms with Gasteiger partial charge in [0.15, 0.2) is 5.78 Å². The van der Waals surface area contributed by atoms with Crippen LogP contribution in [0.1, 0.15) is 41.9 Å². The van der Waals surface area contributed by atoms with Crippen LogP contribution in [0.3, 0.4) is 0 Å². The molecule has 0 fully saturated rings. The Morgan fingerprint density at radius 3 is 2.45 bits per heavy atom. The fourth-order valence-corrected chi connectivity index (χ4v) is 4.56. The lowest BCUT2D eigenvalue weighted by molar-refractivity contribution is 0.0910. The minimum absolute atomic E-state index is 0.0949. The highest BCUT2D eigenvalue weighted by Crippen LogP contribution is 2.43. The Morgan fingerprint density at radius 1 is 1.07 bits per heavy atom. The maximum Gasteiger partial charge on any atom is 0.165 e. The molecule has 1 aromatic heterocycles. The van der Waals surface area contributed by atoms with Crippen molar-refractivity contribution in [3.8, 4) is 23.0 Å². The van der Waals surface area contributed by atoms with Crippen LogP contribution in [0.5, 0.6) is 0 Å². The summed E-state index contributed by atoms with van der Waals surface area (Å²) in [6.45, 7) is 4.21. The van der Waals surface area contributed by atoms with Gasteiger partial charge in [0.25, 0.3) is 0 Å². The summed E-state index contributed by atoms with van der Waals surface area (Å²) in [5.41, 5.74) is 4.94. The SMILES string of the molecule is CC1(C)CC(=O)c2c(CC#N)c(-c3ccccc3)n(-c3ccc(Cl)c(Cl)c3)c2C1. The molecule has 1 aliphatic rings. The highest BCUT2D eigenvalue weighted by atomic mass is 35.5. The first-order valence-electron chi connectivity index (χ1n) is 9.50. The van der Waals surface area contributed by atoms with Gasteiger partial charge in [0.2, 0.25) is 0 Å². The number of fused-ring (bicyclic) bond motifs is 1. The summed E-state index contributed by atoms with van der Waals surface area (Å²) in [5.74, 6) is 0.0949. The molecule has 0 radical (unpaired) electrons. The van der Waals surface area contributed by atoms with Crippen molar-refractivity contribution >= 4 is 29.0 Å². The molecule has 5 heteroatoms. The van der Waals surface area contributed by atoms with Crippen molar-refractivity contribution in [2.24, 2.45) is 5.41 Å². The number of nitriles is 1. The lowest BCUT2D eigenvalue weighted by Gasteiger charge is -2.30. The zero-order valence-electron chi connectivity index (χ0n) is 16.3. The summed E-state index contributed by atoms with van der Waals surface area (Å²) in [6.07, 6.45) is 1.38. The van der Waals surface area contributed by atoms with Crippen LogP contribution < -0.4 is 0 Å². The van der Waals surface area contributed by atoms with Gasteiger partial charge in [0.05, 0.1) is 28.2 Å². The van der Waals surface area contributed by atoms with Crippen LogP contribution in [0.4, 0.5) is 0 Å². The first kappa shape index (κ1) is 19.8. The number of carbonyl (C=O) groups excluding carboxylic acids is 1. The fourth-order valence-electron chi connectivity index (χ4n) is 4.27. The fraction of sp³-hybridized carbons (Fsp3) is 0.250. The van der Waals surface area contributed by atoms with Gasteiger partial charge in [-0.3, -0.25) is 4.79 Å². The number of aromatic nitrogens is 1. The third-order valence-electron chi connectivity index (χ3n) is 5.40. The van der Waals surface area contributed by atoms with E-state index in [0.29, 0.717) is 22.0 Å². The predicted molar refractivity (Wildman–Crippen MR) is 117 cm³/mol. The number of rotatable bonds is 3. The number of benzene rings is 2. The van der Waals surface area contributed by atoms with E-state index in [9.17, 15) is 10.1 Å². The molecule has 29 heavy (non-hydrogen) atoms. The van der Waals surface area contributed by atoms with Gasteiger partial charge >= 0.3 is 0 Å². The lowest BCUT2D eigenvalue weighted by atomic mass is 9.75. The van der Waals surface area contributed by atoms with Gasteiger partial charge in [-0.15, -0.1) is 0 Å². The molecule has 1 aliphatic carbocycles. The number of nitrogens with zero attached hydrogens (tertiary/aromatic N) is 2. The summed E-state index contributed by atoms with van der Waals surface area (Å²) in [6, 6.07) is 17.6. The van der Waals surface area contributed by atoms with Crippen molar-refractivity contribution in [3.63, 3.8) is 0 Å². The van der Waals surface area contributed by atoms with Crippen LogP contribution >= 0.6 is 23.2 Å². The van der Waals surface area contributed by atoms with E-state index in [2.05, 4.69) is 24.5 Å². The second kappa shape index (κ2) is 7.37. The van der Waals surface area contributed by atoms with Gasteiger partial charge in [0, 0.05) is 28.9 Å². The molecule has 0 aliphatic heterocycles. The van der Waals surface area contributed by atoms with Crippen molar-refractivity contribution in [2.75, 3.05) is 0 Å². The lowest BCUT2D eigenvalue weighted by Crippen LogP contribution is -2.28. The summed E-state index contributed by atoms with van der Waals surface area (Å²) >= 11 is 12.5. The highest BCUT2D eigenvalue weighted by Gasteiger charge is 2.38. The molecule has 0 amide bonds. The van der Waals surface area contributed by atoms with Crippen LogP contribution in [0.2, 0.25) is 10.0 Å². The van der Waals surface area contributed by atoms with Crippen LogP contribution in [0.15, 0.2) is 48.5 Å². The third kappa shape index (κ3) is 3.48. The van der Waals surface area contributed by atoms with Crippen LogP contribution in [0.25, 0.3) is 16.9 Å². The van der Waals surface area contributed by atoms with Gasteiger partial charge in [-0.25, -0.2) is 0 Å². The average Bonchev–Trinajstić information content (AvgIpc) is 2.98. The van der Waals surface area contributed by atoms with Crippen LogP contribution in [-0.2, 0) is 12.8 Å². The number of halogens is 2. The van der Waals surface area contributed by atoms with Gasteiger partial charge in [0.1, 0.15) is 0 Å².